The summed E-state index contributed by atoms with van der Waals surface area (Å²) in [7, 11) is 0. The molecule has 2 rings (SSSR count). The van der Waals surface area contributed by atoms with Crippen molar-refractivity contribution in [3.05, 3.63) is 23.9 Å². The van der Waals surface area contributed by atoms with Gasteiger partial charge in [0, 0.05) is 18.8 Å². The Labute approximate surface area is 126 Å². The summed E-state index contributed by atoms with van der Waals surface area (Å²) in [5, 5.41) is 0. The summed E-state index contributed by atoms with van der Waals surface area (Å²) in [6.45, 7) is 7.18. The number of amides is 1. The van der Waals surface area contributed by atoms with Crippen molar-refractivity contribution in [1.29, 1.82) is 0 Å². The third-order valence-corrected chi connectivity index (χ3v) is 3.59. The highest BCUT2D eigenvalue weighted by Gasteiger charge is 2.26. The highest BCUT2D eigenvalue weighted by Crippen LogP contribution is 2.22. The summed E-state index contributed by atoms with van der Waals surface area (Å²) in [6.07, 6.45) is 2.68. The summed E-state index contributed by atoms with van der Waals surface area (Å²) in [5.41, 5.74) is 6.31. The number of rotatable bonds is 2. The van der Waals surface area contributed by atoms with Crippen molar-refractivity contribution in [3.8, 4) is 0 Å². The van der Waals surface area contributed by atoms with Crippen LogP contribution in [0.5, 0.6) is 0 Å². The first-order valence-corrected chi connectivity index (χ1v) is 7.53. The maximum Gasteiger partial charge on any atom is 0.410 e. The third-order valence-electron chi connectivity index (χ3n) is 3.59. The van der Waals surface area contributed by atoms with E-state index in [1.54, 1.807) is 11.0 Å². The maximum atomic E-state index is 12.0. The number of nitrogens with zero attached hydrogens (tertiary/aromatic N) is 2. The van der Waals surface area contributed by atoms with Gasteiger partial charge in [-0.15, -0.1) is 0 Å². The average molecular weight is 291 g/mol. The lowest BCUT2D eigenvalue weighted by Crippen LogP contribution is -2.42. The molecule has 5 nitrogen and oxygen atoms in total. The molecule has 1 amide bonds. The van der Waals surface area contributed by atoms with Crippen LogP contribution in [0.1, 0.15) is 39.3 Å². The second-order valence-corrected chi connectivity index (χ2v) is 6.67. The zero-order valence-electron chi connectivity index (χ0n) is 13.1. The summed E-state index contributed by atoms with van der Waals surface area (Å²) < 4.78 is 5.40. The van der Waals surface area contributed by atoms with Gasteiger partial charge in [-0.05, 0) is 58.1 Å². The van der Waals surface area contributed by atoms with Crippen LogP contribution in [0.2, 0.25) is 0 Å². The monoisotopic (exact) mass is 291 g/mol. The van der Waals surface area contributed by atoms with Gasteiger partial charge < -0.3 is 15.4 Å². The molecule has 0 spiro atoms. The molecule has 0 unspecified atom stereocenters. The highest BCUT2D eigenvalue weighted by atomic mass is 16.6. The summed E-state index contributed by atoms with van der Waals surface area (Å²) in [5.74, 6) is 1.12. The molecule has 0 atom stereocenters. The summed E-state index contributed by atoms with van der Waals surface area (Å²) >= 11 is 0. The fraction of sp³-hybridized carbons (Fsp3) is 0.625. The van der Waals surface area contributed by atoms with Crippen molar-refractivity contribution in [2.45, 2.75) is 45.6 Å². The molecule has 0 saturated carbocycles. The van der Waals surface area contributed by atoms with Crippen molar-refractivity contribution < 1.29 is 9.53 Å². The van der Waals surface area contributed by atoms with Gasteiger partial charge in [0.25, 0.3) is 0 Å². The van der Waals surface area contributed by atoms with Crippen LogP contribution in [0, 0.1) is 5.92 Å². The van der Waals surface area contributed by atoms with E-state index in [2.05, 4.69) is 4.98 Å². The second-order valence-electron chi connectivity index (χ2n) is 6.67. The molecule has 2 N–H and O–H groups in total. The van der Waals surface area contributed by atoms with E-state index in [-0.39, 0.29) is 6.09 Å². The number of carbonyl (C=O) groups is 1. The SMILES string of the molecule is CC(C)(C)OC(=O)N1CCC(Cc2cccc(N)n2)CC1. The normalized spacial score (nSPS) is 16.8. The largest absolute Gasteiger partial charge is 0.444 e. The first-order chi connectivity index (χ1) is 9.83. The lowest BCUT2D eigenvalue weighted by Gasteiger charge is -2.33. The Morgan fingerprint density at radius 1 is 1.38 bits per heavy atom. The zero-order chi connectivity index (χ0) is 15.5. The van der Waals surface area contributed by atoms with Crippen molar-refractivity contribution in [3.63, 3.8) is 0 Å². The van der Waals surface area contributed by atoms with Crippen molar-refractivity contribution in [2.24, 2.45) is 5.92 Å². The Balaban J connectivity index is 1.82. The van der Waals surface area contributed by atoms with Crippen LogP contribution >= 0.6 is 0 Å². The van der Waals surface area contributed by atoms with E-state index in [0.29, 0.717) is 11.7 Å². The number of pyridine rings is 1. The number of hydrogen-bond acceptors (Lipinski definition) is 4. The third kappa shape index (κ3) is 4.92. The van der Waals surface area contributed by atoms with Crippen LogP contribution in [-0.4, -0.2) is 34.7 Å². The number of aromatic nitrogens is 1. The van der Waals surface area contributed by atoms with Crippen LogP contribution in [-0.2, 0) is 11.2 Å². The van der Waals surface area contributed by atoms with Crippen LogP contribution in [0.4, 0.5) is 10.6 Å². The number of nitrogen functional groups attached to an aromatic ring is 1. The van der Waals surface area contributed by atoms with Gasteiger partial charge in [-0.2, -0.15) is 0 Å². The minimum Gasteiger partial charge on any atom is -0.444 e. The van der Waals surface area contributed by atoms with Crippen molar-refractivity contribution in [2.75, 3.05) is 18.8 Å². The number of anilines is 1. The standard InChI is InChI=1S/C16H25N3O2/c1-16(2,3)21-15(20)19-9-7-12(8-10-19)11-13-5-4-6-14(17)18-13/h4-6,12H,7-11H2,1-3H3,(H2,17,18). The highest BCUT2D eigenvalue weighted by molar-refractivity contribution is 5.68. The topological polar surface area (TPSA) is 68.5 Å². The van der Waals surface area contributed by atoms with Crippen molar-refractivity contribution >= 4 is 11.9 Å². The van der Waals surface area contributed by atoms with E-state index in [0.717, 1.165) is 38.0 Å². The summed E-state index contributed by atoms with van der Waals surface area (Å²) in [6, 6.07) is 5.75. The van der Waals surface area contributed by atoms with Crippen LogP contribution < -0.4 is 5.73 Å². The maximum absolute atomic E-state index is 12.0. The molecular weight excluding hydrogens is 266 g/mol. The Morgan fingerprint density at radius 3 is 2.62 bits per heavy atom. The van der Waals surface area contributed by atoms with Gasteiger partial charge in [0.1, 0.15) is 11.4 Å². The smallest absolute Gasteiger partial charge is 0.410 e. The Morgan fingerprint density at radius 2 is 2.05 bits per heavy atom. The quantitative estimate of drug-likeness (QED) is 0.909. The molecule has 2 heterocycles. The minimum atomic E-state index is -0.431. The fourth-order valence-corrected chi connectivity index (χ4v) is 2.55. The molecule has 116 valence electrons. The Hall–Kier alpha value is -1.78. The predicted octanol–water partition coefficient (Wildman–Crippen LogP) is 2.85. The molecule has 1 aliphatic rings. The van der Waals surface area contributed by atoms with Gasteiger partial charge in [0.2, 0.25) is 0 Å². The Bertz CT molecular complexity index is 489. The number of carbonyl (C=O) groups excluding carboxylic acids is 1. The molecule has 0 radical (unpaired) electrons. The molecule has 1 fully saturated rings. The second kappa shape index (κ2) is 6.33. The van der Waals surface area contributed by atoms with E-state index < -0.39 is 5.60 Å². The average Bonchev–Trinajstić information content (AvgIpc) is 2.37. The van der Waals surface area contributed by atoms with E-state index in [1.807, 2.05) is 32.9 Å². The first-order valence-electron chi connectivity index (χ1n) is 7.53. The van der Waals surface area contributed by atoms with E-state index in [1.165, 1.54) is 0 Å². The molecular formula is C16H25N3O2. The van der Waals surface area contributed by atoms with Gasteiger partial charge in [0.15, 0.2) is 0 Å². The lowest BCUT2D eigenvalue weighted by atomic mass is 9.92. The minimum absolute atomic E-state index is 0.206. The first kappa shape index (κ1) is 15.6. The van der Waals surface area contributed by atoms with Gasteiger partial charge in [-0.25, -0.2) is 9.78 Å². The van der Waals surface area contributed by atoms with Gasteiger partial charge in [-0.3, -0.25) is 0 Å². The van der Waals surface area contributed by atoms with Gasteiger partial charge >= 0.3 is 6.09 Å². The molecule has 1 aromatic heterocycles. The lowest BCUT2D eigenvalue weighted by molar-refractivity contribution is 0.0184. The van der Waals surface area contributed by atoms with Gasteiger partial charge in [0.05, 0.1) is 0 Å². The fourth-order valence-electron chi connectivity index (χ4n) is 2.55. The van der Waals surface area contributed by atoms with Crippen LogP contribution in [0.3, 0.4) is 0 Å². The van der Waals surface area contributed by atoms with Crippen LogP contribution in [0.25, 0.3) is 0 Å². The molecule has 1 aromatic rings. The number of piperidine rings is 1. The molecule has 0 bridgehead atoms. The predicted molar refractivity (Wildman–Crippen MR) is 82.9 cm³/mol. The molecule has 0 aromatic carbocycles. The van der Waals surface area contributed by atoms with Gasteiger partial charge in [-0.1, -0.05) is 6.07 Å². The van der Waals surface area contributed by atoms with Crippen LogP contribution in [0.15, 0.2) is 18.2 Å². The van der Waals surface area contributed by atoms with E-state index >= 15 is 0 Å². The number of ether oxygens (including phenoxy) is 1. The zero-order valence-corrected chi connectivity index (χ0v) is 13.1. The molecule has 0 aliphatic carbocycles. The number of hydrogen-bond donors (Lipinski definition) is 1. The van der Waals surface area contributed by atoms with Crippen molar-refractivity contribution in [1.82, 2.24) is 9.88 Å². The number of nitrogens with two attached hydrogens (primary N) is 1. The van der Waals surface area contributed by atoms with E-state index in [9.17, 15) is 4.79 Å². The molecule has 1 aliphatic heterocycles. The number of likely N-dealkylation sites (tertiary alicyclic amines) is 1. The summed E-state index contributed by atoms with van der Waals surface area (Å²) in [4.78, 5) is 18.1. The van der Waals surface area contributed by atoms with E-state index in [4.69, 9.17) is 10.5 Å². The molecule has 21 heavy (non-hydrogen) atoms. The Kier molecular flexibility index (Phi) is 4.70. The molecule has 5 heteroatoms. The molecule has 1 saturated heterocycles.